The van der Waals surface area contributed by atoms with Crippen molar-refractivity contribution in [3.05, 3.63) is 0 Å². The Labute approximate surface area is 109 Å². The molecule has 1 rings (SSSR count). The van der Waals surface area contributed by atoms with Crippen molar-refractivity contribution >= 4 is 5.97 Å². The lowest BCUT2D eigenvalue weighted by Crippen LogP contribution is -2.42. The van der Waals surface area contributed by atoms with Gasteiger partial charge in [0.05, 0.1) is 25.9 Å². The Morgan fingerprint density at radius 3 is 2.94 bits per heavy atom. The molecular weight excluding hydrogens is 234 g/mol. The van der Waals surface area contributed by atoms with Gasteiger partial charge in [-0.1, -0.05) is 6.92 Å². The lowest BCUT2D eigenvalue weighted by Gasteiger charge is -2.18. The Morgan fingerprint density at radius 2 is 2.33 bits per heavy atom. The number of rotatable bonds is 9. The Morgan fingerprint density at radius 1 is 1.50 bits per heavy atom. The molecule has 0 aromatic heterocycles. The normalized spacial score (nSPS) is 20.9. The predicted molar refractivity (Wildman–Crippen MR) is 68.5 cm³/mol. The third-order valence-electron chi connectivity index (χ3n) is 2.82. The van der Waals surface area contributed by atoms with E-state index in [2.05, 4.69) is 12.2 Å². The summed E-state index contributed by atoms with van der Waals surface area (Å²) < 4.78 is 16.0. The van der Waals surface area contributed by atoms with Crippen molar-refractivity contribution in [1.82, 2.24) is 5.32 Å². The van der Waals surface area contributed by atoms with E-state index in [4.69, 9.17) is 14.2 Å². The molecule has 106 valence electrons. The van der Waals surface area contributed by atoms with Gasteiger partial charge in [-0.25, -0.2) is 0 Å². The van der Waals surface area contributed by atoms with Gasteiger partial charge in [0.25, 0.3) is 0 Å². The van der Waals surface area contributed by atoms with Crippen molar-refractivity contribution < 1.29 is 19.0 Å². The summed E-state index contributed by atoms with van der Waals surface area (Å²) in [5.41, 5.74) is 0. The van der Waals surface area contributed by atoms with Crippen molar-refractivity contribution in [2.75, 3.05) is 33.0 Å². The fraction of sp³-hybridized carbons (Fsp3) is 0.923. The van der Waals surface area contributed by atoms with E-state index in [1.165, 1.54) is 0 Å². The van der Waals surface area contributed by atoms with E-state index in [1.807, 2.05) is 6.92 Å². The van der Waals surface area contributed by atoms with Crippen LogP contribution in [0.15, 0.2) is 0 Å². The van der Waals surface area contributed by atoms with Gasteiger partial charge in [0.2, 0.25) is 0 Å². The molecule has 0 bridgehead atoms. The van der Waals surface area contributed by atoms with Crippen LogP contribution in [0.2, 0.25) is 0 Å². The van der Waals surface area contributed by atoms with Crippen molar-refractivity contribution in [3.8, 4) is 0 Å². The molecule has 5 heteroatoms. The van der Waals surface area contributed by atoms with Crippen LogP contribution >= 0.6 is 0 Å². The van der Waals surface area contributed by atoms with Crippen molar-refractivity contribution in [2.24, 2.45) is 0 Å². The smallest absolute Gasteiger partial charge is 0.325 e. The van der Waals surface area contributed by atoms with E-state index in [0.29, 0.717) is 19.8 Å². The molecule has 0 radical (unpaired) electrons. The molecule has 0 amide bonds. The Bertz CT molecular complexity index is 229. The number of carbonyl (C=O) groups excluding carboxylic acids is 1. The molecule has 1 aliphatic rings. The van der Waals surface area contributed by atoms with Gasteiger partial charge in [0.15, 0.2) is 0 Å². The summed E-state index contributed by atoms with van der Waals surface area (Å²) >= 11 is 0. The van der Waals surface area contributed by atoms with E-state index in [9.17, 15) is 4.79 Å². The summed E-state index contributed by atoms with van der Waals surface area (Å²) in [7, 11) is 0. The Kier molecular flexibility index (Phi) is 7.96. The quantitative estimate of drug-likeness (QED) is 0.629. The lowest BCUT2D eigenvalue weighted by atomic mass is 10.2. The van der Waals surface area contributed by atoms with Crippen LogP contribution in [0, 0.1) is 0 Å². The first kappa shape index (κ1) is 15.4. The van der Waals surface area contributed by atoms with Crippen LogP contribution in [0.3, 0.4) is 0 Å². The van der Waals surface area contributed by atoms with Crippen LogP contribution in [0.4, 0.5) is 0 Å². The summed E-state index contributed by atoms with van der Waals surface area (Å²) in [6.45, 7) is 6.78. The van der Waals surface area contributed by atoms with Crippen LogP contribution in [0.1, 0.15) is 33.1 Å². The fourth-order valence-electron chi connectivity index (χ4n) is 1.86. The first-order valence-electron chi connectivity index (χ1n) is 6.87. The van der Waals surface area contributed by atoms with Gasteiger partial charge >= 0.3 is 5.97 Å². The molecule has 2 unspecified atom stereocenters. The Balaban J connectivity index is 2.23. The monoisotopic (exact) mass is 259 g/mol. The molecule has 1 aliphatic heterocycles. The summed E-state index contributed by atoms with van der Waals surface area (Å²) in [4.78, 5) is 11.7. The molecule has 1 N–H and O–H groups in total. The molecule has 0 aliphatic carbocycles. The molecule has 1 fully saturated rings. The minimum absolute atomic E-state index is 0.194. The van der Waals surface area contributed by atoms with E-state index >= 15 is 0 Å². The maximum absolute atomic E-state index is 11.7. The minimum Gasteiger partial charge on any atom is -0.465 e. The van der Waals surface area contributed by atoms with Crippen LogP contribution < -0.4 is 5.32 Å². The van der Waals surface area contributed by atoms with Crippen molar-refractivity contribution in [1.29, 1.82) is 0 Å². The summed E-state index contributed by atoms with van der Waals surface area (Å²) in [6, 6.07) is -0.369. The SMILES string of the molecule is CCCNC(COCC1CCCO1)C(=O)OCC. The highest BCUT2D eigenvalue weighted by Gasteiger charge is 2.21. The molecule has 0 aromatic carbocycles. The van der Waals surface area contributed by atoms with Crippen molar-refractivity contribution in [3.63, 3.8) is 0 Å². The van der Waals surface area contributed by atoms with Crippen LogP contribution in [-0.4, -0.2) is 51.1 Å². The molecule has 2 atom stereocenters. The number of ether oxygens (including phenoxy) is 3. The molecule has 0 aromatic rings. The topological polar surface area (TPSA) is 56.8 Å². The summed E-state index contributed by atoms with van der Waals surface area (Å²) in [6.07, 6.45) is 3.32. The summed E-state index contributed by atoms with van der Waals surface area (Å²) in [5, 5.41) is 3.14. The van der Waals surface area contributed by atoms with Gasteiger partial charge in [-0.3, -0.25) is 4.79 Å². The second-order valence-corrected chi connectivity index (χ2v) is 4.43. The molecule has 0 saturated carbocycles. The highest BCUT2D eigenvalue weighted by Crippen LogP contribution is 2.12. The fourth-order valence-corrected chi connectivity index (χ4v) is 1.86. The Hall–Kier alpha value is -0.650. The second kappa shape index (κ2) is 9.30. The minimum atomic E-state index is -0.369. The number of carbonyl (C=O) groups is 1. The van der Waals surface area contributed by atoms with Gasteiger partial charge in [-0.2, -0.15) is 0 Å². The molecule has 1 saturated heterocycles. The average Bonchev–Trinajstić information content (AvgIpc) is 2.86. The number of nitrogens with one attached hydrogen (secondary N) is 1. The van der Waals surface area contributed by atoms with Gasteiger partial charge in [-0.05, 0) is 32.7 Å². The lowest BCUT2D eigenvalue weighted by molar-refractivity contribution is -0.147. The zero-order valence-corrected chi connectivity index (χ0v) is 11.4. The number of esters is 1. The zero-order valence-electron chi connectivity index (χ0n) is 11.4. The zero-order chi connectivity index (χ0) is 13.2. The van der Waals surface area contributed by atoms with E-state index in [0.717, 1.165) is 32.4 Å². The molecule has 0 spiro atoms. The number of hydrogen-bond donors (Lipinski definition) is 1. The first-order chi connectivity index (χ1) is 8.77. The number of hydrogen-bond acceptors (Lipinski definition) is 5. The average molecular weight is 259 g/mol. The largest absolute Gasteiger partial charge is 0.465 e. The standard InChI is InChI=1S/C13H25NO4/c1-3-7-14-12(13(15)17-4-2)10-16-9-11-6-5-8-18-11/h11-12,14H,3-10H2,1-2H3. The maximum atomic E-state index is 11.7. The first-order valence-corrected chi connectivity index (χ1v) is 6.87. The van der Waals surface area contributed by atoms with Gasteiger partial charge < -0.3 is 19.5 Å². The van der Waals surface area contributed by atoms with E-state index in [-0.39, 0.29) is 18.1 Å². The van der Waals surface area contributed by atoms with Crippen molar-refractivity contribution in [2.45, 2.75) is 45.3 Å². The van der Waals surface area contributed by atoms with Crippen LogP contribution in [0.25, 0.3) is 0 Å². The molecule has 1 heterocycles. The maximum Gasteiger partial charge on any atom is 0.325 e. The highest BCUT2D eigenvalue weighted by atomic mass is 16.5. The van der Waals surface area contributed by atoms with E-state index < -0.39 is 0 Å². The third-order valence-corrected chi connectivity index (χ3v) is 2.82. The summed E-state index contributed by atoms with van der Waals surface area (Å²) in [5.74, 6) is -0.238. The molecular formula is C13H25NO4. The second-order valence-electron chi connectivity index (χ2n) is 4.43. The third kappa shape index (κ3) is 5.80. The van der Waals surface area contributed by atoms with Gasteiger partial charge in [-0.15, -0.1) is 0 Å². The van der Waals surface area contributed by atoms with Gasteiger partial charge in [0.1, 0.15) is 6.04 Å². The van der Waals surface area contributed by atoms with E-state index in [1.54, 1.807) is 0 Å². The molecule has 18 heavy (non-hydrogen) atoms. The van der Waals surface area contributed by atoms with Gasteiger partial charge in [0, 0.05) is 6.61 Å². The highest BCUT2D eigenvalue weighted by molar-refractivity contribution is 5.75. The van der Waals surface area contributed by atoms with Crippen LogP contribution in [0.5, 0.6) is 0 Å². The molecule has 5 nitrogen and oxygen atoms in total. The predicted octanol–water partition coefficient (Wildman–Crippen LogP) is 1.11. The van der Waals surface area contributed by atoms with Crippen LogP contribution in [-0.2, 0) is 19.0 Å².